The molecular weight excluding hydrogens is 298 g/mol. The Kier molecular flexibility index (Phi) is 4.24. The Morgan fingerprint density at radius 1 is 0.952 bits per heavy atom. The third-order valence-electron chi connectivity index (χ3n) is 3.88. The summed E-state index contributed by atoms with van der Waals surface area (Å²) in [4.78, 5) is 0. The monoisotopic (exact) mass is 312 g/mol. The van der Waals surface area contributed by atoms with Crippen LogP contribution in [-0.4, -0.2) is 17.5 Å². The summed E-state index contributed by atoms with van der Waals surface area (Å²) in [6.07, 6.45) is -11.4. The van der Waals surface area contributed by atoms with Crippen molar-refractivity contribution < 1.29 is 31.4 Å². The Labute approximate surface area is 117 Å². The molecule has 1 aromatic carbocycles. The van der Waals surface area contributed by atoms with Crippen LogP contribution in [0.5, 0.6) is 0 Å². The molecule has 1 aliphatic carbocycles. The predicted molar refractivity (Wildman–Crippen MR) is 63.6 cm³/mol. The molecule has 0 saturated heterocycles. The number of halogens is 6. The van der Waals surface area contributed by atoms with E-state index in [9.17, 15) is 31.4 Å². The molecule has 21 heavy (non-hydrogen) atoms. The second kappa shape index (κ2) is 5.51. The summed E-state index contributed by atoms with van der Waals surface area (Å²) >= 11 is 0. The van der Waals surface area contributed by atoms with Gasteiger partial charge < -0.3 is 5.11 Å². The van der Waals surface area contributed by atoms with Gasteiger partial charge in [0.15, 0.2) is 5.92 Å². The van der Waals surface area contributed by atoms with Gasteiger partial charge in [-0.05, 0) is 29.9 Å². The van der Waals surface area contributed by atoms with E-state index in [0.29, 0.717) is 18.4 Å². The van der Waals surface area contributed by atoms with E-state index >= 15 is 0 Å². The maximum atomic E-state index is 12.7. The van der Waals surface area contributed by atoms with Crippen molar-refractivity contribution in [2.45, 2.75) is 43.6 Å². The second-order valence-corrected chi connectivity index (χ2v) is 5.26. The largest absolute Gasteiger partial charge is 0.403 e. The zero-order valence-electron chi connectivity index (χ0n) is 10.9. The first kappa shape index (κ1) is 16.1. The van der Waals surface area contributed by atoms with Crippen LogP contribution in [0.4, 0.5) is 26.3 Å². The Morgan fingerprint density at radius 3 is 1.90 bits per heavy atom. The number of rotatable bonds is 3. The first-order valence-corrected chi connectivity index (χ1v) is 6.52. The number of hydrogen-bond donors (Lipinski definition) is 1. The molecule has 0 aromatic heterocycles. The lowest BCUT2D eigenvalue weighted by Crippen LogP contribution is -2.41. The topological polar surface area (TPSA) is 20.2 Å². The molecule has 1 aliphatic rings. The maximum absolute atomic E-state index is 12.7. The summed E-state index contributed by atoms with van der Waals surface area (Å²) in [6.45, 7) is 0. The van der Waals surface area contributed by atoms with Gasteiger partial charge in [0.2, 0.25) is 0 Å². The molecule has 0 bridgehead atoms. The zero-order chi connectivity index (χ0) is 15.8. The summed E-state index contributed by atoms with van der Waals surface area (Å²) in [6, 6.07) is 5.53. The molecule has 1 aromatic rings. The summed E-state index contributed by atoms with van der Waals surface area (Å²) in [5, 5.41) is 9.76. The minimum atomic E-state index is -5.55. The fourth-order valence-corrected chi connectivity index (χ4v) is 2.59. The van der Waals surface area contributed by atoms with Crippen molar-refractivity contribution in [2.75, 3.05) is 0 Å². The number of aliphatic hydroxyl groups excluding tert-OH is 1. The Balaban J connectivity index is 2.40. The number of benzene rings is 1. The van der Waals surface area contributed by atoms with Crippen LogP contribution in [0, 0.1) is 5.92 Å². The molecule has 7 heteroatoms. The third-order valence-corrected chi connectivity index (χ3v) is 3.88. The summed E-state index contributed by atoms with van der Waals surface area (Å²) in [5.41, 5.74) is 0.108. The van der Waals surface area contributed by atoms with E-state index in [4.69, 9.17) is 0 Å². The van der Waals surface area contributed by atoms with Crippen molar-refractivity contribution >= 4 is 0 Å². The molecule has 1 saturated carbocycles. The van der Waals surface area contributed by atoms with Crippen molar-refractivity contribution in [2.24, 2.45) is 5.92 Å². The molecular formula is C14H14F6O. The molecule has 1 fully saturated rings. The van der Waals surface area contributed by atoms with Gasteiger partial charge in [-0.15, -0.1) is 0 Å². The molecule has 0 spiro atoms. The summed E-state index contributed by atoms with van der Waals surface area (Å²) in [7, 11) is 0. The van der Waals surface area contributed by atoms with Crippen LogP contribution in [0.1, 0.15) is 42.4 Å². The van der Waals surface area contributed by atoms with Crippen LogP contribution in [0.25, 0.3) is 0 Å². The van der Waals surface area contributed by atoms with Gasteiger partial charge in [0.25, 0.3) is 0 Å². The molecule has 0 amide bonds. The van der Waals surface area contributed by atoms with E-state index in [1.54, 1.807) is 6.07 Å². The molecule has 1 nitrogen and oxygen atoms in total. The van der Waals surface area contributed by atoms with Gasteiger partial charge in [-0.25, -0.2) is 0 Å². The van der Waals surface area contributed by atoms with E-state index in [0.717, 1.165) is 12.5 Å². The molecule has 118 valence electrons. The predicted octanol–water partition coefficient (Wildman–Crippen LogP) is 4.73. The Hall–Kier alpha value is -1.24. The van der Waals surface area contributed by atoms with Crippen LogP contribution in [0.15, 0.2) is 24.3 Å². The van der Waals surface area contributed by atoms with Gasteiger partial charge in [0.1, 0.15) is 0 Å². The SMILES string of the molecule is OC(c1ccccc1C1CCC1)C(C(F)(F)F)C(F)(F)F. The van der Waals surface area contributed by atoms with E-state index in [1.807, 2.05) is 0 Å². The first-order valence-electron chi connectivity index (χ1n) is 6.52. The molecule has 2 rings (SSSR count). The highest BCUT2D eigenvalue weighted by atomic mass is 19.4. The van der Waals surface area contributed by atoms with Gasteiger partial charge in [-0.1, -0.05) is 30.7 Å². The minimum Gasteiger partial charge on any atom is -0.387 e. The van der Waals surface area contributed by atoms with Gasteiger partial charge >= 0.3 is 12.4 Å². The Morgan fingerprint density at radius 2 is 1.48 bits per heavy atom. The lowest BCUT2D eigenvalue weighted by Gasteiger charge is -2.32. The third kappa shape index (κ3) is 3.33. The molecule has 0 aliphatic heterocycles. The van der Waals surface area contributed by atoms with Crippen molar-refractivity contribution in [3.8, 4) is 0 Å². The van der Waals surface area contributed by atoms with Crippen LogP contribution in [0.3, 0.4) is 0 Å². The van der Waals surface area contributed by atoms with Crippen LogP contribution >= 0.6 is 0 Å². The normalized spacial score (nSPS) is 18.7. The summed E-state index contributed by atoms with van der Waals surface area (Å²) in [5.74, 6) is -3.84. The van der Waals surface area contributed by atoms with E-state index in [2.05, 4.69) is 0 Å². The summed E-state index contributed by atoms with van der Waals surface area (Å²) < 4.78 is 76.2. The van der Waals surface area contributed by atoms with Gasteiger partial charge in [-0.3, -0.25) is 0 Å². The molecule has 1 atom stereocenters. The fraction of sp³-hybridized carbons (Fsp3) is 0.571. The highest BCUT2D eigenvalue weighted by Gasteiger charge is 2.60. The van der Waals surface area contributed by atoms with Gasteiger partial charge in [0.05, 0.1) is 6.10 Å². The quantitative estimate of drug-likeness (QED) is 0.800. The maximum Gasteiger partial charge on any atom is 0.403 e. The van der Waals surface area contributed by atoms with Crippen molar-refractivity contribution in [1.29, 1.82) is 0 Å². The van der Waals surface area contributed by atoms with Gasteiger partial charge in [0, 0.05) is 0 Å². The van der Waals surface area contributed by atoms with E-state index < -0.39 is 24.4 Å². The van der Waals surface area contributed by atoms with Crippen LogP contribution in [0.2, 0.25) is 0 Å². The minimum absolute atomic E-state index is 0.0713. The Bertz CT molecular complexity index is 475. The van der Waals surface area contributed by atoms with Gasteiger partial charge in [-0.2, -0.15) is 26.3 Å². The zero-order valence-corrected chi connectivity index (χ0v) is 10.9. The lowest BCUT2D eigenvalue weighted by molar-refractivity contribution is -0.307. The van der Waals surface area contributed by atoms with E-state index in [-0.39, 0.29) is 11.5 Å². The van der Waals surface area contributed by atoms with Crippen LogP contribution in [-0.2, 0) is 0 Å². The molecule has 1 N–H and O–H groups in total. The van der Waals surface area contributed by atoms with E-state index in [1.165, 1.54) is 12.1 Å². The molecule has 1 unspecified atom stereocenters. The average Bonchev–Trinajstić information content (AvgIpc) is 2.23. The van der Waals surface area contributed by atoms with Crippen molar-refractivity contribution in [3.63, 3.8) is 0 Å². The number of hydrogen-bond acceptors (Lipinski definition) is 1. The first-order chi connectivity index (χ1) is 9.62. The smallest absolute Gasteiger partial charge is 0.387 e. The standard InChI is InChI=1S/C14H14F6O/c15-13(16,17)12(14(18,19)20)11(21)10-7-2-1-6-9(10)8-4-3-5-8/h1-2,6-8,11-12,21H,3-5H2. The molecule has 0 radical (unpaired) electrons. The number of aliphatic hydroxyl groups is 1. The highest BCUT2D eigenvalue weighted by molar-refractivity contribution is 5.34. The highest BCUT2D eigenvalue weighted by Crippen LogP contribution is 2.48. The molecule has 0 heterocycles. The lowest BCUT2D eigenvalue weighted by atomic mass is 9.76. The van der Waals surface area contributed by atoms with Crippen molar-refractivity contribution in [3.05, 3.63) is 35.4 Å². The number of alkyl halides is 6. The second-order valence-electron chi connectivity index (χ2n) is 5.26. The fourth-order valence-electron chi connectivity index (χ4n) is 2.59. The average molecular weight is 312 g/mol. The van der Waals surface area contributed by atoms with Crippen LogP contribution < -0.4 is 0 Å². The van der Waals surface area contributed by atoms with Crippen molar-refractivity contribution in [1.82, 2.24) is 0 Å².